The first kappa shape index (κ1) is 14.8. The van der Waals surface area contributed by atoms with Crippen LogP contribution in [-0.2, 0) is 4.79 Å². The number of amides is 1. The Labute approximate surface area is 119 Å². The summed E-state index contributed by atoms with van der Waals surface area (Å²) < 4.78 is 18.3. The second-order valence-corrected chi connectivity index (χ2v) is 5.46. The first-order valence-corrected chi connectivity index (χ1v) is 7.35. The zero-order valence-electron chi connectivity index (χ0n) is 11.9. The number of benzene rings is 1. The predicted octanol–water partition coefficient (Wildman–Crippen LogP) is 3.29. The van der Waals surface area contributed by atoms with Crippen molar-refractivity contribution < 1.29 is 13.9 Å². The maximum atomic E-state index is 12.8. The number of carbonyl (C=O) groups is 1. The minimum absolute atomic E-state index is 0.111. The second kappa shape index (κ2) is 7.27. The Bertz CT molecular complexity index is 427. The molecule has 1 saturated carbocycles. The fourth-order valence-corrected chi connectivity index (χ4v) is 2.55. The number of hydrogen-bond acceptors (Lipinski definition) is 2. The predicted molar refractivity (Wildman–Crippen MR) is 76.1 cm³/mol. The van der Waals surface area contributed by atoms with Gasteiger partial charge in [-0.25, -0.2) is 4.39 Å². The van der Waals surface area contributed by atoms with Crippen LogP contribution in [0, 0.1) is 11.7 Å². The first-order valence-electron chi connectivity index (χ1n) is 7.35. The fourth-order valence-electron chi connectivity index (χ4n) is 2.55. The molecule has 1 aliphatic carbocycles. The molecule has 1 aromatic carbocycles. The number of ether oxygens (including phenoxy) is 1. The average molecular weight is 279 g/mol. The molecule has 0 bridgehead atoms. The molecule has 1 aliphatic rings. The quantitative estimate of drug-likeness (QED) is 0.898. The zero-order valence-corrected chi connectivity index (χ0v) is 11.9. The SMILES string of the molecule is CC(Oc1ccc(F)cc1)C(=O)NCC1CCCCC1. The monoisotopic (exact) mass is 279 g/mol. The van der Waals surface area contributed by atoms with Crippen LogP contribution in [0.2, 0.25) is 0 Å². The third-order valence-electron chi connectivity index (χ3n) is 3.79. The van der Waals surface area contributed by atoms with Gasteiger partial charge in [0.15, 0.2) is 6.10 Å². The standard InChI is InChI=1S/C16H22FNO2/c1-12(20-15-9-7-14(17)8-10-15)16(19)18-11-13-5-3-2-4-6-13/h7-10,12-13H,2-6,11H2,1H3,(H,18,19). The summed E-state index contributed by atoms with van der Waals surface area (Å²) in [6.07, 6.45) is 5.68. The molecule has 0 saturated heterocycles. The second-order valence-electron chi connectivity index (χ2n) is 5.46. The van der Waals surface area contributed by atoms with Crippen LogP contribution in [-0.4, -0.2) is 18.6 Å². The lowest BCUT2D eigenvalue weighted by Gasteiger charge is -2.22. The molecule has 1 amide bonds. The topological polar surface area (TPSA) is 38.3 Å². The van der Waals surface area contributed by atoms with Gasteiger partial charge >= 0.3 is 0 Å². The van der Waals surface area contributed by atoms with E-state index in [4.69, 9.17) is 4.74 Å². The van der Waals surface area contributed by atoms with Gasteiger partial charge in [0.05, 0.1) is 0 Å². The Morgan fingerprint density at radius 1 is 1.30 bits per heavy atom. The molecular formula is C16H22FNO2. The number of halogens is 1. The van der Waals surface area contributed by atoms with E-state index in [1.54, 1.807) is 6.92 Å². The highest BCUT2D eigenvalue weighted by molar-refractivity contribution is 5.80. The van der Waals surface area contributed by atoms with Crippen molar-refractivity contribution >= 4 is 5.91 Å². The van der Waals surface area contributed by atoms with Crippen LogP contribution in [0.1, 0.15) is 39.0 Å². The third kappa shape index (κ3) is 4.51. The van der Waals surface area contributed by atoms with E-state index in [-0.39, 0.29) is 11.7 Å². The van der Waals surface area contributed by atoms with Gasteiger partial charge in [0.1, 0.15) is 11.6 Å². The van der Waals surface area contributed by atoms with Gasteiger partial charge in [-0.15, -0.1) is 0 Å². The van der Waals surface area contributed by atoms with Crippen LogP contribution < -0.4 is 10.1 Å². The van der Waals surface area contributed by atoms with Crippen molar-refractivity contribution in [1.29, 1.82) is 0 Å². The van der Waals surface area contributed by atoms with Gasteiger partial charge < -0.3 is 10.1 Å². The summed E-state index contributed by atoms with van der Waals surface area (Å²) in [4.78, 5) is 11.9. The smallest absolute Gasteiger partial charge is 0.260 e. The molecule has 4 heteroatoms. The highest BCUT2D eigenvalue weighted by atomic mass is 19.1. The summed E-state index contributed by atoms with van der Waals surface area (Å²) >= 11 is 0. The molecule has 0 radical (unpaired) electrons. The van der Waals surface area contributed by atoms with Crippen LogP contribution in [0.3, 0.4) is 0 Å². The van der Waals surface area contributed by atoms with Crippen LogP contribution in [0.4, 0.5) is 4.39 Å². The minimum atomic E-state index is -0.566. The van der Waals surface area contributed by atoms with Crippen LogP contribution in [0.15, 0.2) is 24.3 Å². The van der Waals surface area contributed by atoms with Crippen LogP contribution >= 0.6 is 0 Å². The normalized spacial score (nSPS) is 17.5. The number of rotatable bonds is 5. The summed E-state index contributed by atoms with van der Waals surface area (Å²) in [6.45, 7) is 2.44. The summed E-state index contributed by atoms with van der Waals surface area (Å²) in [5, 5.41) is 2.95. The first-order chi connectivity index (χ1) is 9.65. The molecule has 1 aromatic rings. The van der Waals surface area contributed by atoms with E-state index in [1.807, 2.05) is 0 Å². The van der Waals surface area contributed by atoms with E-state index >= 15 is 0 Å². The Morgan fingerprint density at radius 2 is 1.95 bits per heavy atom. The number of carbonyl (C=O) groups excluding carboxylic acids is 1. The summed E-state index contributed by atoms with van der Waals surface area (Å²) in [5.41, 5.74) is 0. The largest absolute Gasteiger partial charge is 0.481 e. The Hall–Kier alpha value is -1.58. The van der Waals surface area contributed by atoms with Crippen molar-refractivity contribution in [3.8, 4) is 5.75 Å². The van der Waals surface area contributed by atoms with E-state index in [1.165, 1.54) is 56.4 Å². The van der Waals surface area contributed by atoms with E-state index in [0.717, 1.165) is 6.54 Å². The molecule has 3 nitrogen and oxygen atoms in total. The van der Waals surface area contributed by atoms with Crippen LogP contribution in [0.5, 0.6) is 5.75 Å². The number of nitrogens with one attached hydrogen (secondary N) is 1. The molecule has 1 atom stereocenters. The fraction of sp³-hybridized carbons (Fsp3) is 0.562. The maximum absolute atomic E-state index is 12.8. The molecule has 0 heterocycles. The van der Waals surface area contributed by atoms with Gasteiger partial charge in [-0.3, -0.25) is 4.79 Å². The molecule has 1 unspecified atom stereocenters. The Balaban J connectivity index is 1.75. The molecule has 0 spiro atoms. The Morgan fingerprint density at radius 3 is 2.60 bits per heavy atom. The molecule has 1 N–H and O–H groups in total. The van der Waals surface area contributed by atoms with Crippen molar-refractivity contribution in [2.75, 3.05) is 6.54 Å². The lowest BCUT2D eigenvalue weighted by molar-refractivity contribution is -0.127. The van der Waals surface area contributed by atoms with Crippen LogP contribution in [0.25, 0.3) is 0 Å². The maximum Gasteiger partial charge on any atom is 0.260 e. The molecular weight excluding hydrogens is 257 g/mol. The van der Waals surface area contributed by atoms with E-state index in [2.05, 4.69) is 5.32 Å². The van der Waals surface area contributed by atoms with Gasteiger partial charge in [-0.2, -0.15) is 0 Å². The zero-order chi connectivity index (χ0) is 14.4. The Kier molecular flexibility index (Phi) is 5.39. The lowest BCUT2D eigenvalue weighted by atomic mass is 9.89. The van der Waals surface area contributed by atoms with Gasteiger partial charge in [0.25, 0.3) is 5.91 Å². The lowest BCUT2D eigenvalue weighted by Crippen LogP contribution is -2.39. The minimum Gasteiger partial charge on any atom is -0.481 e. The summed E-state index contributed by atoms with van der Waals surface area (Å²) in [5.74, 6) is 0.684. The molecule has 2 rings (SSSR count). The van der Waals surface area contributed by atoms with Gasteiger partial charge in [0, 0.05) is 6.54 Å². The molecule has 110 valence electrons. The molecule has 20 heavy (non-hydrogen) atoms. The van der Waals surface area contributed by atoms with E-state index in [0.29, 0.717) is 11.7 Å². The van der Waals surface area contributed by atoms with Crippen molar-refractivity contribution in [2.45, 2.75) is 45.1 Å². The molecule has 1 fully saturated rings. The average Bonchev–Trinajstić information content (AvgIpc) is 2.48. The summed E-state index contributed by atoms with van der Waals surface area (Å²) in [6, 6.07) is 5.70. The van der Waals surface area contributed by atoms with E-state index in [9.17, 15) is 9.18 Å². The van der Waals surface area contributed by atoms with Crippen molar-refractivity contribution in [2.24, 2.45) is 5.92 Å². The van der Waals surface area contributed by atoms with Gasteiger partial charge in [0.2, 0.25) is 0 Å². The molecule has 0 aromatic heterocycles. The highest BCUT2D eigenvalue weighted by Crippen LogP contribution is 2.22. The van der Waals surface area contributed by atoms with Gasteiger partial charge in [-0.05, 0) is 49.9 Å². The highest BCUT2D eigenvalue weighted by Gasteiger charge is 2.18. The van der Waals surface area contributed by atoms with Crippen molar-refractivity contribution in [1.82, 2.24) is 5.32 Å². The van der Waals surface area contributed by atoms with Crippen molar-refractivity contribution in [3.63, 3.8) is 0 Å². The number of hydrogen-bond donors (Lipinski definition) is 1. The third-order valence-corrected chi connectivity index (χ3v) is 3.79. The van der Waals surface area contributed by atoms with Gasteiger partial charge in [-0.1, -0.05) is 19.3 Å². The molecule has 0 aliphatic heterocycles. The van der Waals surface area contributed by atoms with Crippen molar-refractivity contribution in [3.05, 3.63) is 30.1 Å². The van der Waals surface area contributed by atoms with E-state index < -0.39 is 6.10 Å². The summed E-state index contributed by atoms with van der Waals surface area (Å²) in [7, 11) is 0.